The molecule has 38 valence electrons. The van der Waals surface area contributed by atoms with Crippen LogP contribution in [-0.4, -0.2) is 5.78 Å². The number of carbonyl (C=O) groups excluding carboxylic acids is 1. The zero-order valence-corrected chi connectivity index (χ0v) is 3.89. The van der Waals surface area contributed by atoms with Gasteiger partial charge in [0.25, 0.3) is 0 Å². The zero-order chi connectivity index (χ0) is 5.70. The van der Waals surface area contributed by atoms with Gasteiger partial charge in [-0.05, 0) is 0 Å². The molecule has 0 unspecified atom stereocenters. The van der Waals surface area contributed by atoms with E-state index in [4.69, 9.17) is 0 Å². The van der Waals surface area contributed by atoms with E-state index in [0.29, 0.717) is 0 Å². The molecule has 0 spiro atoms. The summed E-state index contributed by atoms with van der Waals surface area (Å²) in [7, 11) is 0. The summed E-state index contributed by atoms with van der Waals surface area (Å²) >= 11 is 0. The molecule has 0 aromatic rings. The molecular weight excluding hydrogens is 92.1 g/mol. The molecular formula is C5H6O2. The largest absolute Gasteiger partial charge is 0.462 e. The SMILES string of the molecule is C=CC(C=C)=[O+][O-]. The van der Waals surface area contributed by atoms with Crippen LogP contribution in [0, 0.1) is 0 Å². The quantitative estimate of drug-likeness (QED) is 0.203. The molecule has 0 radical (unpaired) electrons. The first-order valence-electron chi connectivity index (χ1n) is 1.76. The fourth-order valence-electron chi connectivity index (χ4n) is 0.151. The minimum absolute atomic E-state index is 0.153. The molecule has 0 fully saturated rings. The molecule has 0 saturated heterocycles. The van der Waals surface area contributed by atoms with Crippen molar-refractivity contribution in [1.82, 2.24) is 0 Å². The maximum Gasteiger partial charge on any atom is 0.375 e. The number of hydrogen-bond acceptors (Lipinski definition) is 1. The molecule has 0 N–H and O–H groups in total. The number of rotatable bonds is 2. The molecule has 0 aliphatic carbocycles. The van der Waals surface area contributed by atoms with E-state index in [1.54, 1.807) is 0 Å². The second-order valence-electron chi connectivity index (χ2n) is 0.894. The van der Waals surface area contributed by atoms with Crippen LogP contribution in [0.15, 0.2) is 25.3 Å². The summed E-state index contributed by atoms with van der Waals surface area (Å²) in [6.45, 7) is 6.54. The van der Waals surface area contributed by atoms with E-state index in [0.717, 1.165) is 0 Å². The van der Waals surface area contributed by atoms with Crippen molar-refractivity contribution < 1.29 is 9.83 Å². The van der Waals surface area contributed by atoms with Gasteiger partial charge in [0, 0.05) is 12.2 Å². The van der Waals surface area contributed by atoms with Crippen molar-refractivity contribution in [3.8, 4) is 0 Å². The van der Waals surface area contributed by atoms with Crippen LogP contribution in [0.5, 0.6) is 0 Å². The molecule has 0 aromatic carbocycles. The highest BCUT2D eigenvalue weighted by molar-refractivity contribution is 5.98. The average Bonchev–Trinajstić information content (AvgIpc) is 1.72. The summed E-state index contributed by atoms with van der Waals surface area (Å²) in [6.07, 6.45) is 2.58. The average molecular weight is 98.1 g/mol. The van der Waals surface area contributed by atoms with Gasteiger partial charge in [-0.3, -0.25) is 0 Å². The lowest BCUT2D eigenvalue weighted by Crippen LogP contribution is -2.03. The molecule has 0 saturated carbocycles. The van der Waals surface area contributed by atoms with Crippen LogP contribution in [0.1, 0.15) is 0 Å². The lowest BCUT2D eigenvalue weighted by atomic mass is 10.4. The highest BCUT2D eigenvalue weighted by Crippen LogP contribution is 1.70. The highest BCUT2D eigenvalue weighted by Gasteiger charge is 1.91. The van der Waals surface area contributed by atoms with Crippen LogP contribution in [0.4, 0.5) is 0 Å². The molecule has 2 heteroatoms. The van der Waals surface area contributed by atoms with Gasteiger partial charge < -0.3 is 5.26 Å². The Balaban J connectivity index is 3.85. The van der Waals surface area contributed by atoms with Crippen LogP contribution >= 0.6 is 0 Å². The predicted octanol–water partition coefficient (Wildman–Crippen LogP) is -0.262. The Labute approximate surface area is 42.0 Å². The summed E-state index contributed by atoms with van der Waals surface area (Å²) in [5.41, 5.74) is 0. The Hall–Kier alpha value is -1.05. The van der Waals surface area contributed by atoms with Crippen LogP contribution in [0.3, 0.4) is 0 Å². The highest BCUT2D eigenvalue weighted by atomic mass is 17.1. The van der Waals surface area contributed by atoms with Gasteiger partial charge in [0.15, 0.2) is 0 Å². The lowest BCUT2D eigenvalue weighted by Gasteiger charge is -1.70. The van der Waals surface area contributed by atoms with E-state index in [9.17, 15) is 5.26 Å². The molecule has 0 heterocycles. The predicted molar refractivity (Wildman–Crippen MR) is 25.4 cm³/mol. The molecule has 0 atom stereocenters. The first kappa shape index (κ1) is 5.95. The zero-order valence-electron chi connectivity index (χ0n) is 3.89. The van der Waals surface area contributed by atoms with Crippen LogP contribution in [0.25, 0.3) is 0 Å². The number of ketones is 1. The summed E-state index contributed by atoms with van der Waals surface area (Å²) in [5, 5.41) is 9.41. The molecule has 0 rings (SSSR count). The minimum Gasteiger partial charge on any atom is -0.462 e. The van der Waals surface area contributed by atoms with E-state index in [2.05, 4.69) is 17.7 Å². The number of hydrogen-bond donors (Lipinski definition) is 0. The van der Waals surface area contributed by atoms with Gasteiger partial charge in [-0.15, -0.1) is 0 Å². The number of allylic oxidation sites excluding steroid dienone is 2. The Morgan fingerprint density at radius 2 is 1.86 bits per heavy atom. The summed E-state index contributed by atoms with van der Waals surface area (Å²) in [6, 6.07) is 0. The minimum atomic E-state index is 0.153. The van der Waals surface area contributed by atoms with Crippen LogP contribution < -0.4 is 5.26 Å². The van der Waals surface area contributed by atoms with E-state index in [1.807, 2.05) is 0 Å². The van der Waals surface area contributed by atoms with Gasteiger partial charge in [-0.25, -0.2) is 0 Å². The van der Waals surface area contributed by atoms with Gasteiger partial charge in [0.05, 0.1) is 0 Å². The van der Waals surface area contributed by atoms with E-state index >= 15 is 0 Å². The topological polar surface area (TPSA) is 34.4 Å². The van der Waals surface area contributed by atoms with E-state index in [-0.39, 0.29) is 5.78 Å². The molecule has 7 heavy (non-hydrogen) atoms. The van der Waals surface area contributed by atoms with Gasteiger partial charge in [0.2, 0.25) is 0 Å². The van der Waals surface area contributed by atoms with Gasteiger partial charge >= 0.3 is 5.78 Å². The molecule has 0 bridgehead atoms. The summed E-state index contributed by atoms with van der Waals surface area (Å²) < 4.78 is 3.48. The van der Waals surface area contributed by atoms with E-state index < -0.39 is 0 Å². The lowest BCUT2D eigenvalue weighted by molar-refractivity contribution is -1.05. The van der Waals surface area contributed by atoms with Crippen molar-refractivity contribution in [2.24, 2.45) is 0 Å². The Bertz CT molecular complexity index is 92.6. The smallest absolute Gasteiger partial charge is 0.375 e. The fourth-order valence-corrected chi connectivity index (χ4v) is 0.151. The van der Waals surface area contributed by atoms with Crippen molar-refractivity contribution in [2.45, 2.75) is 0 Å². The van der Waals surface area contributed by atoms with Gasteiger partial charge in [-0.2, -0.15) is 4.58 Å². The molecule has 2 nitrogen and oxygen atoms in total. The van der Waals surface area contributed by atoms with Crippen molar-refractivity contribution in [1.29, 1.82) is 0 Å². The summed E-state index contributed by atoms with van der Waals surface area (Å²) in [4.78, 5) is 0. The first-order chi connectivity index (χ1) is 3.35. The third kappa shape index (κ3) is 1.76. The maximum atomic E-state index is 9.41. The summed E-state index contributed by atoms with van der Waals surface area (Å²) in [5.74, 6) is 0.153. The fraction of sp³-hybridized carbons (Fsp3) is 0. The normalized spacial score (nSPS) is 6.86. The van der Waals surface area contributed by atoms with Gasteiger partial charge in [0.1, 0.15) is 0 Å². The molecule has 0 aliphatic rings. The van der Waals surface area contributed by atoms with Crippen LogP contribution in [-0.2, 0) is 4.58 Å². The maximum absolute atomic E-state index is 9.41. The standard InChI is InChI=1S/C5H6O2/c1-3-5(4-2)7-6/h3-4H,1-2H2. The Morgan fingerprint density at radius 3 is 1.86 bits per heavy atom. The van der Waals surface area contributed by atoms with Crippen molar-refractivity contribution in [3.63, 3.8) is 0 Å². The second-order valence-corrected chi connectivity index (χ2v) is 0.894. The van der Waals surface area contributed by atoms with Crippen molar-refractivity contribution in [2.75, 3.05) is 0 Å². The van der Waals surface area contributed by atoms with E-state index in [1.165, 1.54) is 12.2 Å². The third-order valence-corrected chi connectivity index (χ3v) is 0.499. The molecule has 0 amide bonds. The molecule has 0 aliphatic heterocycles. The third-order valence-electron chi connectivity index (χ3n) is 0.499. The Kier molecular flexibility index (Phi) is 2.68. The molecule has 0 aromatic heterocycles. The monoisotopic (exact) mass is 98.0 g/mol. The second kappa shape index (κ2) is 3.15. The Morgan fingerprint density at radius 1 is 1.43 bits per heavy atom. The van der Waals surface area contributed by atoms with Crippen molar-refractivity contribution >= 4 is 5.78 Å². The first-order valence-corrected chi connectivity index (χ1v) is 1.76. The van der Waals surface area contributed by atoms with Gasteiger partial charge in [-0.1, -0.05) is 13.2 Å². The van der Waals surface area contributed by atoms with Crippen LogP contribution in [0.2, 0.25) is 0 Å². The van der Waals surface area contributed by atoms with Crippen molar-refractivity contribution in [3.05, 3.63) is 25.3 Å².